The summed E-state index contributed by atoms with van der Waals surface area (Å²) in [6, 6.07) is 3.22. The molecule has 1 saturated heterocycles. The molecule has 0 spiro atoms. The van der Waals surface area contributed by atoms with Crippen LogP contribution in [0.5, 0.6) is 11.5 Å². The summed E-state index contributed by atoms with van der Waals surface area (Å²) in [5.41, 5.74) is 0.611. The van der Waals surface area contributed by atoms with E-state index in [1.807, 2.05) is 13.8 Å². The van der Waals surface area contributed by atoms with E-state index in [2.05, 4.69) is 4.74 Å². The fourth-order valence-corrected chi connectivity index (χ4v) is 2.86. The van der Waals surface area contributed by atoms with Gasteiger partial charge in [-0.25, -0.2) is 9.59 Å². The molecule has 0 aliphatic carbocycles. The predicted molar refractivity (Wildman–Crippen MR) is 86.9 cm³/mol. The number of carboxylic acids is 1. The second-order valence-corrected chi connectivity index (χ2v) is 6.51. The van der Waals surface area contributed by atoms with Crippen LogP contribution in [0.2, 0.25) is 0 Å². The molecule has 7 nitrogen and oxygen atoms in total. The number of nitrogens with zero attached hydrogens (tertiary/aromatic N) is 1. The molecule has 1 heterocycles. The normalized spacial score (nSPS) is 19.8. The number of amides is 1. The van der Waals surface area contributed by atoms with Crippen LogP contribution in [0, 0.1) is 5.92 Å². The highest BCUT2D eigenvalue weighted by atomic mass is 19.3. The average molecular weight is 373 g/mol. The molecule has 0 saturated carbocycles. The van der Waals surface area contributed by atoms with Crippen molar-refractivity contribution in [2.45, 2.75) is 38.8 Å². The number of hydrogen-bond acceptors (Lipinski definition) is 4. The van der Waals surface area contributed by atoms with Gasteiger partial charge >= 0.3 is 18.7 Å². The third kappa shape index (κ3) is 4.74. The number of likely N-dealkylation sites (tertiary alicyclic amines) is 1. The number of hydrogen-bond donors (Lipinski definition) is 2. The van der Waals surface area contributed by atoms with E-state index in [1.165, 1.54) is 18.2 Å². The Morgan fingerprint density at radius 3 is 2.46 bits per heavy atom. The van der Waals surface area contributed by atoms with Gasteiger partial charge in [0, 0.05) is 12.5 Å². The summed E-state index contributed by atoms with van der Waals surface area (Å²) in [7, 11) is 0. The van der Waals surface area contributed by atoms with Crippen molar-refractivity contribution >= 4 is 12.1 Å². The lowest BCUT2D eigenvalue weighted by atomic mass is 9.96. The summed E-state index contributed by atoms with van der Waals surface area (Å²) >= 11 is 0. The van der Waals surface area contributed by atoms with Gasteiger partial charge in [-0.2, -0.15) is 8.78 Å². The zero-order valence-electron chi connectivity index (χ0n) is 14.4. The minimum absolute atomic E-state index is 0.00493. The molecule has 1 aliphatic rings. The summed E-state index contributed by atoms with van der Waals surface area (Å²) < 4.78 is 35.1. The second-order valence-electron chi connectivity index (χ2n) is 6.51. The van der Waals surface area contributed by atoms with E-state index in [-0.39, 0.29) is 42.9 Å². The Balaban J connectivity index is 2.27. The highest BCUT2D eigenvalue weighted by Gasteiger charge is 2.40. The molecule has 0 bridgehead atoms. The molecule has 1 aliphatic heterocycles. The van der Waals surface area contributed by atoms with Crippen molar-refractivity contribution in [1.82, 2.24) is 4.90 Å². The number of rotatable bonds is 7. The van der Waals surface area contributed by atoms with Crippen molar-refractivity contribution in [3.8, 4) is 11.5 Å². The van der Waals surface area contributed by atoms with Crippen molar-refractivity contribution in [2.24, 2.45) is 5.92 Å². The summed E-state index contributed by atoms with van der Waals surface area (Å²) in [6.45, 7) is 1.08. The molecule has 0 unspecified atom stereocenters. The first kappa shape index (κ1) is 19.7. The van der Waals surface area contributed by atoms with Crippen LogP contribution in [0.15, 0.2) is 18.2 Å². The third-order valence-electron chi connectivity index (χ3n) is 4.06. The molecule has 1 aromatic carbocycles. The molecule has 1 fully saturated rings. The smallest absolute Gasteiger partial charge is 0.408 e. The van der Waals surface area contributed by atoms with Gasteiger partial charge in [-0.05, 0) is 30.0 Å². The maximum absolute atomic E-state index is 12.6. The zero-order valence-corrected chi connectivity index (χ0v) is 14.4. The van der Waals surface area contributed by atoms with Crippen LogP contribution in [0.1, 0.15) is 31.7 Å². The lowest BCUT2D eigenvalue weighted by Gasteiger charge is -2.18. The Bertz CT molecular complexity index is 645. The van der Waals surface area contributed by atoms with Crippen molar-refractivity contribution in [2.75, 3.05) is 13.2 Å². The highest BCUT2D eigenvalue weighted by Crippen LogP contribution is 2.37. The number of carbonyl (C=O) groups is 2. The van der Waals surface area contributed by atoms with Gasteiger partial charge in [0.15, 0.2) is 11.5 Å². The van der Waals surface area contributed by atoms with Gasteiger partial charge in [0.05, 0.1) is 6.61 Å². The summed E-state index contributed by atoms with van der Waals surface area (Å²) in [6.07, 6.45) is -1.21. The molecule has 9 heteroatoms. The van der Waals surface area contributed by atoms with Crippen LogP contribution < -0.4 is 9.47 Å². The number of carboxylic acid groups (broad SMARTS) is 2. The van der Waals surface area contributed by atoms with E-state index in [0.717, 1.165) is 4.90 Å². The molecule has 26 heavy (non-hydrogen) atoms. The first-order valence-electron chi connectivity index (χ1n) is 8.13. The number of ether oxygens (including phenoxy) is 2. The minimum Gasteiger partial charge on any atom is -0.489 e. The van der Waals surface area contributed by atoms with Crippen molar-refractivity contribution in [3.05, 3.63) is 23.8 Å². The molecule has 1 amide bonds. The van der Waals surface area contributed by atoms with E-state index in [0.29, 0.717) is 5.56 Å². The quantitative estimate of drug-likeness (QED) is 0.762. The van der Waals surface area contributed by atoms with Crippen LogP contribution in [-0.4, -0.2) is 53.0 Å². The Labute approximate surface area is 149 Å². The molecule has 0 aromatic heterocycles. The first-order chi connectivity index (χ1) is 12.2. The third-order valence-corrected chi connectivity index (χ3v) is 4.06. The molecular weight excluding hydrogens is 352 g/mol. The number of alkyl halides is 2. The van der Waals surface area contributed by atoms with Gasteiger partial charge in [0.25, 0.3) is 0 Å². The van der Waals surface area contributed by atoms with Crippen LogP contribution >= 0.6 is 0 Å². The monoisotopic (exact) mass is 373 g/mol. The van der Waals surface area contributed by atoms with Crippen molar-refractivity contribution in [1.29, 1.82) is 0 Å². The van der Waals surface area contributed by atoms with Gasteiger partial charge in [0.1, 0.15) is 6.04 Å². The maximum Gasteiger partial charge on any atom is 0.408 e. The Hall–Kier alpha value is -2.58. The molecule has 2 atom stereocenters. The molecule has 0 radical (unpaired) electrons. The van der Waals surface area contributed by atoms with E-state index >= 15 is 0 Å². The van der Waals surface area contributed by atoms with Gasteiger partial charge < -0.3 is 19.7 Å². The maximum atomic E-state index is 12.6. The highest BCUT2D eigenvalue weighted by molar-refractivity contribution is 5.80. The lowest BCUT2D eigenvalue weighted by molar-refractivity contribution is -0.141. The van der Waals surface area contributed by atoms with E-state index in [4.69, 9.17) is 4.74 Å². The van der Waals surface area contributed by atoms with Crippen LogP contribution in [0.4, 0.5) is 13.6 Å². The second kappa shape index (κ2) is 8.20. The Morgan fingerprint density at radius 2 is 1.96 bits per heavy atom. The van der Waals surface area contributed by atoms with Gasteiger partial charge in [0.2, 0.25) is 0 Å². The first-order valence-corrected chi connectivity index (χ1v) is 8.13. The Kier molecular flexibility index (Phi) is 6.23. The van der Waals surface area contributed by atoms with Crippen LogP contribution in [-0.2, 0) is 4.79 Å². The standard InChI is InChI=1S/C17H21F2NO6/c1-9(2)8-25-14-6-10(3-4-13(14)26-16(18)19)11-5-12(15(21)22)20(7-11)17(23)24/h3-4,6,9,11-12,16H,5,7-8H2,1-2H3,(H,21,22)(H,23,24)/t11-,12-/m1/s1. The topological polar surface area (TPSA) is 96.3 Å². The van der Waals surface area contributed by atoms with Gasteiger partial charge in [-0.3, -0.25) is 4.90 Å². The van der Waals surface area contributed by atoms with Gasteiger partial charge in [-0.15, -0.1) is 0 Å². The molecule has 2 N–H and O–H groups in total. The fourth-order valence-electron chi connectivity index (χ4n) is 2.86. The summed E-state index contributed by atoms with van der Waals surface area (Å²) in [4.78, 5) is 23.4. The predicted octanol–water partition coefficient (Wildman–Crippen LogP) is 3.24. The van der Waals surface area contributed by atoms with Crippen LogP contribution in [0.3, 0.4) is 0 Å². The van der Waals surface area contributed by atoms with E-state index < -0.39 is 24.7 Å². The van der Waals surface area contributed by atoms with Crippen molar-refractivity contribution in [3.63, 3.8) is 0 Å². The minimum atomic E-state index is -3.01. The summed E-state index contributed by atoms with van der Waals surface area (Å²) in [5, 5.41) is 18.4. The van der Waals surface area contributed by atoms with Crippen LogP contribution in [0.25, 0.3) is 0 Å². The molecular formula is C17H21F2NO6. The molecule has 144 valence electrons. The number of benzene rings is 1. The molecule has 2 rings (SSSR count). The van der Waals surface area contributed by atoms with E-state index in [9.17, 15) is 28.6 Å². The fraction of sp³-hybridized carbons (Fsp3) is 0.529. The largest absolute Gasteiger partial charge is 0.489 e. The lowest BCUT2D eigenvalue weighted by Crippen LogP contribution is -2.39. The average Bonchev–Trinajstić information content (AvgIpc) is 2.99. The molecule has 1 aromatic rings. The number of halogens is 2. The van der Waals surface area contributed by atoms with E-state index in [1.54, 1.807) is 0 Å². The van der Waals surface area contributed by atoms with Crippen molar-refractivity contribution < 1.29 is 38.1 Å². The summed E-state index contributed by atoms with van der Waals surface area (Å²) in [5.74, 6) is -1.44. The number of aliphatic carboxylic acids is 1. The SMILES string of the molecule is CC(C)COc1cc([C@@H]2C[C@H](C(=O)O)N(C(=O)O)C2)ccc1OC(F)F. The van der Waals surface area contributed by atoms with Gasteiger partial charge in [-0.1, -0.05) is 19.9 Å². The zero-order chi connectivity index (χ0) is 19.4. The Morgan fingerprint density at radius 1 is 1.27 bits per heavy atom.